The smallest absolute Gasteiger partial charge is 0.294 e. The van der Waals surface area contributed by atoms with Crippen LogP contribution in [0, 0.1) is 0 Å². The average Bonchev–Trinajstić information content (AvgIpc) is 3.46. The molecular formula is C17H20ClN5O3S4. The van der Waals surface area contributed by atoms with E-state index in [4.69, 9.17) is 28.6 Å². The molecule has 2 aromatic heterocycles. The molecule has 1 aliphatic rings. The third-order valence-corrected chi connectivity index (χ3v) is 8.52. The molecule has 0 bridgehead atoms. The monoisotopic (exact) mass is 505 g/mol. The molecule has 13 heteroatoms. The number of thiocarbonyl (C=S) groups is 1. The molecular weight excluding hydrogens is 486 g/mol. The van der Waals surface area contributed by atoms with Gasteiger partial charge in [-0.2, -0.15) is 13.5 Å². The zero-order valence-electron chi connectivity index (χ0n) is 15.8. The molecule has 0 unspecified atom stereocenters. The van der Waals surface area contributed by atoms with Crippen LogP contribution in [0.1, 0.15) is 17.7 Å². The molecule has 1 saturated heterocycles. The fourth-order valence-electron chi connectivity index (χ4n) is 2.61. The molecule has 0 spiro atoms. The van der Waals surface area contributed by atoms with E-state index in [1.54, 1.807) is 22.1 Å². The van der Waals surface area contributed by atoms with Crippen LogP contribution in [0.25, 0.3) is 0 Å². The van der Waals surface area contributed by atoms with Crippen molar-refractivity contribution < 1.29 is 13.2 Å². The zero-order chi connectivity index (χ0) is 21.6. The molecule has 30 heavy (non-hydrogen) atoms. The Morgan fingerprint density at radius 2 is 2.37 bits per heavy atom. The molecule has 0 aliphatic carbocycles. The number of hydrogen-bond donors (Lipinski definition) is 2. The third-order valence-electron chi connectivity index (χ3n) is 3.99. The summed E-state index contributed by atoms with van der Waals surface area (Å²) in [6, 6.07) is 3.17. The standard InChI is InChI=1S/C17H20ClN5O3S4/c1-2-7-23-15(18)13(11-20-21-16(27)19-10-12-5-3-8-26-12)29-17(23)22-30(24,25)14-6-4-9-28-14/h2,4,6,9,11-12H,1,3,5,7-8,10H2,(H2,19,21,27)/b20-11+,22-17?/t12-/m1/s1. The van der Waals surface area contributed by atoms with Gasteiger partial charge in [-0.3, -0.25) is 5.43 Å². The highest BCUT2D eigenvalue weighted by Gasteiger charge is 2.17. The summed E-state index contributed by atoms with van der Waals surface area (Å²) in [4.78, 5) is 0.766. The second kappa shape index (κ2) is 10.6. The number of ether oxygens (including phenoxy) is 1. The number of halogens is 1. The van der Waals surface area contributed by atoms with E-state index in [1.165, 1.54) is 12.3 Å². The summed E-state index contributed by atoms with van der Waals surface area (Å²) in [6.07, 6.45) is 5.31. The SMILES string of the molecule is C=CCn1c(Cl)c(/C=N/NC(=S)NC[C@H]2CCCO2)sc1=NS(=O)(=O)c1cccs1. The van der Waals surface area contributed by atoms with Crippen molar-refractivity contribution in [2.24, 2.45) is 9.50 Å². The van der Waals surface area contributed by atoms with Crippen molar-refractivity contribution in [3.05, 3.63) is 45.0 Å². The van der Waals surface area contributed by atoms with Crippen molar-refractivity contribution >= 4 is 67.8 Å². The summed E-state index contributed by atoms with van der Waals surface area (Å²) in [5, 5.41) is 9.48. The number of hydrazone groups is 1. The van der Waals surface area contributed by atoms with Crippen LogP contribution < -0.4 is 15.5 Å². The molecule has 1 aliphatic heterocycles. The van der Waals surface area contributed by atoms with Gasteiger partial charge >= 0.3 is 0 Å². The van der Waals surface area contributed by atoms with Crippen LogP contribution in [-0.4, -0.2) is 43.6 Å². The maximum atomic E-state index is 12.5. The predicted octanol–water partition coefficient (Wildman–Crippen LogP) is 2.72. The van der Waals surface area contributed by atoms with Gasteiger partial charge in [0, 0.05) is 19.7 Å². The Morgan fingerprint density at radius 3 is 3.03 bits per heavy atom. The quantitative estimate of drug-likeness (QED) is 0.248. The van der Waals surface area contributed by atoms with E-state index >= 15 is 0 Å². The molecule has 1 fully saturated rings. The number of thiazole rings is 1. The van der Waals surface area contributed by atoms with Gasteiger partial charge in [-0.15, -0.1) is 22.3 Å². The lowest BCUT2D eigenvalue weighted by Gasteiger charge is -2.11. The Kier molecular flexibility index (Phi) is 8.20. The highest BCUT2D eigenvalue weighted by atomic mass is 35.5. The van der Waals surface area contributed by atoms with Gasteiger partial charge in [-0.05, 0) is 36.5 Å². The van der Waals surface area contributed by atoms with Gasteiger partial charge in [0.15, 0.2) is 5.11 Å². The molecule has 0 amide bonds. The first-order valence-corrected chi connectivity index (χ1v) is 12.9. The molecule has 2 aromatic rings. The minimum atomic E-state index is -3.83. The van der Waals surface area contributed by atoms with Crippen LogP contribution in [0.5, 0.6) is 0 Å². The Bertz CT molecular complexity index is 1080. The Morgan fingerprint density at radius 1 is 1.53 bits per heavy atom. The third kappa shape index (κ3) is 5.99. The first kappa shape index (κ1) is 23.1. The summed E-state index contributed by atoms with van der Waals surface area (Å²) in [5.41, 5.74) is 2.72. The Hall–Kier alpha value is -1.57. The topological polar surface area (TPSA) is 97.1 Å². The van der Waals surface area contributed by atoms with Crippen LogP contribution >= 0.6 is 46.5 Å². The van der Waals surface area contributed by atoms with Crippen molar-refractivity contribution in [1.29, 1.82) is 0 Å². The van der Waals surface area contributed by atoms with Crippen molar-refractivity contribution in [2.75, 3.05) is 13.2 Å². The number of aromatic nitrogens is 1. The van der Waals surface area contributed by atoms with Crippen molar-refractivity contribution in [3.63, 3.8) is 0 Å². The number of nitrogens with one attached hydrogen (secondary N) is 2. The van der Waals surface area contributed by atoms with E-state index in [2.05, 4.69) is 26.8 Å². The van der Waals surface area contributed by atoms with Crippen LogP contribution in [0.4, 0.5) is 0 Å². The van der Waals surface area contributed by atoms with Gasteiger partial charge in [0.1, 0.15) is 9.36 Å². The van der Waals surface area contributed by atoms with Crippen LogP contribution in [0.2, 0.25) is 5.15 Å². The predicted molar refractivity (Wildman–Crippen MR) is 125 cm³/mol. The molecule has 2 N–H and O–H groups in total. The summed E-state index contributed by atoms with van der Waals surface area (Å²) in [7, 11) is -3.83. The number of nitrogens with zero attached hydrogens (tertiary/aromatic N) is 3. The van der Waals surface area contributed by atoms with Crippen molar-refractivity contribution in [2.45, 2.75) is 29.7 Å². The first-order valence-electron chi connectivity index (χ1n) is 8.94. The van der Waals surface area contributed by atoms with E-state index in [0.29, 0.717) is 28.2 Å². The molecule has 3 rings (SSSR count). The number of sulfonamides is 1. The van der Waals surface area contributed by atoms with Gasteiger partial charge in [-0.1, -0.05) is 35.1 Å². The molecule has 0 aromatic carbocycles. The second-order valence-corrected chi connectivity index (χ2v) is 10.7. The van der Waals surface area contributed by atoms with Gasteiger partial charge in [0.2, 0.25) is 4.80 Å². The summed E-state index contributed by atoms with van der Waals surface area (Å²) >= 11 is 13.8. The second-order valence-electron chi connectivity index (χ2n) is 6.15. The molecule has 0 radical (unpaired) electrons. The Balaban J connectivity index is 1.74. The van der Waals surface area contributed by atoms with E-state index in [1.807, 2.05) is 0 Å². The summed E-state index contributed by atoms with van der Waals surface area (Å²) in [6.45, 7) is 5.38. The van der Waals surface area contributed by atoms with E-state index < -0.39 is 10.0 Å². The number of allylic oxidation sites excluding steroid dienone is 1. The van der Waals surface area contributed by atoms with Crippen LogP contribution in [0.15, 0.2) is 43.9 Å². The molecule has 8 nitrogen and oxygen atoms in total. The number of thiophene rings is 1. The fraction of sp³-hybridized carbons (Fsp3) is 0.353. The summed E-state index contributed by atoms with van der Waals surface area (Å²) in [5.74, 6) is 0. The highest BCUT2D eigenvalue weighted by Crippen LogP contribution is 2.20. The molecule has 162 valence electrons. The van der Waals surface area contributed by atoms with Gasteiger partial charge in [0.05, 0.1) is 17.2 Å². The lowest BCUT2D eigenvalue weighted by molar-refractivity contribution is 0.114. The highest BCUT2D eigenvalue weighted by molar-refractivity contribution is 7.92. The van der Waals surface area contributed by atoms with E-state index in [-0.39, 0.29) is 15.1 Å². The largest absolute Gasteiger partial charge is 0.376 e. The van der Waals surface area contributed by atoms with E-state index in [9.17, 15) is 8.42 Å². The minimum absolute atomic E-state index is 0.160. The van der Waals surface area contributed by atoms with Gasteiger partial charge in [-0.25, -0.2) is 0 Å². The fourth-order valence-corrected chi connectivity index (χ4v) is 6.18. The van der Waals surface area contributed by atoms with Crippen LogP contribution in [-0.2, 0) is 21.3 Å². The average molecular weight is 506 g/mol. The summed E-state index contributed by atoms with van der Waals surface area (Å²) < 4.78 is 36.2. The number of rotatable bonds is 8. The normalized spacial score (nSPS) is 17.5. The maximum absolute atomic E-state index is 12.5. The molecule has 3 heterocycles. The number of hydrogen-bond acceptors (Lipinski definition) is 7. The first-order chi connectivity index (χ1) is 14.4. The van der Waals surface area contributed by atoms with Gasteiger partial charge < -0.3 is 14.6 Å². The van der Waals surface area contributed by atoms with Crippen LogP contribution in [0.3, 0.4) is 0 Å². The minimum Gasteiger partial charge on any atom is -0.376 e. The Labute approximate surface area is 193 Å². The molecule has 1 atom stereocenters. The lowest BCUT2D eigenvalue weighted by Crippen LogP contribution is -2.37. The zero-order valence-corrected chi connectivity index (χ0v) is 19.8. The van der Waals surface area contributed by atoms with E-state index in [0.717, 1.165) is 42.1 Å². The van der Waals surface area contributed by atoms with Crippen molar-refractivity contribution in [1.82, 2.24) is 15.3 Å². The van der Waals surface area contributed by atoms with Crippen molar-refractivity contribution in [3.8, 4) is 0 Å². The maximum Gasteiger partial charge on any atom is 0.294 e. The lowest BCUT2D eigenvalue weighted by atomic mass is 10.2. The molecule has 0 saturated carbocycles. The van der Waals surface area contributed by atoms with Gasteiger partial charge in [0.25, 0.3) is 10.0 Å².